The number of hydrogen-bond acceptors (Lipinski definition) is 3. The van der Waals surface area contributed by atoms with E-state index in [0.717, 1.165) is 11.1 Å². The normalized spacial score (nSPS) is 11.5. The minimum atomic E-state index is -0.765. The lowest BCUT2D eigenvalue weighted by molar-refractivity contribution is -0.142. The molecule has 0 unspecified atom stereocenters. The molecule has 8 heteroatoms. The number of likely N-dealkylation sites (N-methyl/N-ethyl adjacent to an activating group) is 1. The van der Waals surface area contributed by atoms with Crippen molar-refractivity contribution in [2.75, 3.05) is 13.2 Å². The third kappa shape index (κ3) is 7.13. The van der Waals surface area contributed by atoms with E-state index in [4.69, 9.17) is 39.5 Å². The molecule has 5 nitrogen and oxygen atoms in total. The van der Waals surface area contributed by atoms with E-state index in [9.17, 15) is 9.59 Å². The molecule has 3 aromatic carbocycles. The minimum Gasteiger partial charge on any atom is -0.482 e. The number of hydrogen-bond donors (Lipinski definition) is 1. The summed E-state index contributed by atoms with van der Waals surface area (Å²) in [4.78, 5) is 28.1. The second-order valence-electron chi connectivity index (χ2n) is 7.59. The molecule has 0 heterocycles. The number of ether oxygens (including phenoxy) is 1. The van der Waals surface area contributed by atoms with Gasteiger partial charge in [0.05, 0.1) is 15.1 Å². The highest BCUT2D eigenvalue weighted by atomic mass is 35.5. The summed E-state index contributed by atoms with van der Waals surface area (Å²) in [5.41, 5.74) is 1.67. The predicted octanol–water partition coefficient (Wildman–Crippen LogP) is 5.80. The molecule has 3 aromatic rings. The summed E-state index contributed by atoms with van der Waals surface area (Å²) < 4.78 is 5.70. The van der Waals surface area contributed by atoms with Gasteiger partial charge >= 0.3 is 0 Å². The van der Waals surface area contributed by atoms with Crippen LogP contribution < -0.4 is 10.1 Å². The first-order valence-electron chi connectivity index (χ1n) is 10.8. The molecule has 0 aromatic heterocycles. The van der Waals surface area contributed by atoms with E-state index < -0.39 is 6.04 Å². The zero-order valence-electron chi connectivity index (χ0n) is 18.6. The Hall–Kier alpha value is -2.73. The van der Waals surface area contributed by atoms with E-state index in [0.29, 0.717) is 33.8 Å². The summed E-state index contributed by atoms with van der Waals surface area (Å²) in [6, 6.07) is 20.8. The van der Waals surface area contributed by atoms with E-state index in [1.165, 1.54) is 4.90 Å². The van der Waals surface area contributed by atoms with E-state index in [1.807, 2.05) is 37.3 Å². The fraction of sp³-hybridized carbons (Fsp3) is 0.231. The molecule has 0 radical (unpaired) electrons. The molecule has 0 spiro atoms. The SMILES string of the molecule is CCNC(=O)[C@@H](Cc1ccccc1)N(Cc1ccc(Cl)c(Cl)c1)C(=O)COc1ccccc1Cl. The lowest BCUT2D eigenvalue weighted by Gasteiger charge is -2.31. The fourth-order valence-electron chi connectivity index (χ4n) is 3.46. The number of amides is 2. The van der Waals surface area contributed by atoms with E-state index in [1.54, 1.807) is 42.5 Å². The summed E-state index contributed by atoms with van der Waals surface area (Å²) in [5, 5.41) is 4.03. The van der Waals surface area contributed by atoms with Gasteiger partial charge in [0, 0.05) is 19.5 Å². The molecular formula is C26H25Cl3N2O3. The first-order valence-corrected chi connectivity index (χ1v) is 11.9. The molecule has 0 saturated carbocycles. The van der Waals surface area contributed by atoms with Crippen LogP contribution in [0.3, 0.4) is 0 Å². The van der Waals surface area contributed by atoms with Crippen molar-refractivity contribution in [2.24, 2.45) is 0 Å². The molecule has 0 saturated heterocycles. The number of carbonyl (C=O) groups excluding carboxylic acids is 2. The molecule has 0 bridgehead atoms. The smallest absolute Gasteiger partial charge is 0.261 e. The van der Waals surface area contributed by atoms with Gasteiger partial charge in [-0.3, -0.25) is 9.59 Å². The molecule has 0 aliphatic rings. The Balaban J connectivity index is 1.92. The van der Waals surface area contributed by atoms with Crippen LogP contribution in [-0.2, 0) is 22.6 Å². The van der Waals surface area contributed by atoms with Crippen molar-refractivity contribution >= 4 is 46.6 Å². The van der Waals surface area contributed by atoms with Gasteiger partial charge in [-0.25, -0.2) is 0 Å². The second kappa shape index (κ2) is 12.7. The summed E-state index contributed by atoms with van der Waals surface area (Å²) in [6.07, 6.45) is 0.339. The summed E-state index contributed by atoms with van der Waals surface area (Å²) >= 11 is 18.4. The molecular weight excluding hydrogens is 495 g/mol. The lowest BCUT2D eigenvalue weighted by atomic mass is 10.0. The van der Waals surface area contributed by atoms with Crippen LogP contribution in [0, 0.1) is 0 Å². The average Bonchev–Trinajstić information content (AvgIpc) is 2.83. The van der Waals surface area contributed by atoms with Gasteiger partial charge in [0.2, 0.25) is 5.91 Å². The first kappa shape index (κ1) is 25.9. The third-order valence-corrected chi connectivity index (χ3v) is 6.20. The van der Waals surface area contributed by atoms with Gasteiger partial charge in [0.15, 0.2) is 6.61 Å². The van der Waals surface area contributed by atoms with Crippen LogP contribution in [0.5, 0.6) is 5.75 Å². The summed E-state index contributed by atoms with van der Waals surface area (Å²) in [7, 11) is 0. The number of benzene rings is 3. The number of carbonyl (C=O) groups is 2. The van der Waals surface area contributed by atoms with Crippen molar-refractivity contribution in [3.8, 4) is 5.75 Å². The quantitative estimate of drug-likeness (QED) is 0.368. The van der Waals surface area contributed by atoms with Crippen LogP contribution in [0.15, 0.2) is 72.8 Å². The molecule has 0 aliphatic carbocycles. The maximum absolute atomic E-state index is 13.4. The number of nitrogens with one attached hydrogen (secondary N) is 1. The zero-order chi connectivity index (χ0) is 24.5. The van der Waals surface area contributed by atoms with Crippen LogP contribution in [0.4, 0.5) is 0 Å². The fourth-order valence-corrected chi connectivity index (χ4v) is 3.98. The molecule has 2 amide bonds. The molecule has 0 aliphatic heterocycles. The average molecular weight is 520 g/mol. The maximum Gasteiger partial charge on any atom is 0.261 e. The Kier molecular flexibility index (Phi) is 9.63. The minimum absolute atomic E-state index is 0.149. The Bertz CT molecular complexity index is 1130. The van der Waals surface area contributed by atoms with Crippen molar-refractivity contribution in [3.63, 3.8) is 0 Å². The van der Waals surface area contributed by atoms with Gasteiger partial charge in [-0.1, -0.05) is 83.3 Å². The van der Waals surface area contributed by atoms with Crippen molar-refractivity contribution in [1.29, 1.82) is 0 Å². The van der Waals surface area contributed by atoms with E-state index in [-0.39, 0.29) is 25.0 Å². The largest absolute Gasteiger partial charge is 0.482 e. The highest BCUT2D eigenvalue weighted by Gasteiger charge is 2.30. The monoisotopic (exact) mass is 518 g/mol. The molecule has 1 N–H and O–H groups in total. The van der Waals surface area contributed by atoms with Gasteiger partial charge in [-0.05, 0) is 42.3 Å². The van der Waals surface area contributed by atoms with Crippen molar-refractivity contribution < 1.29 is 14.3 Å². The highest BCUT2D eigenvalue weighted by Crippen LogP contribution is 2.25. The lowest BCUT2D eigenvalue weighted by Crippen LogP contribution is -2.51. The van der Waals surface area contributed by atoms with Crippen molar-refractivity contribution in [3.05, 3.63) is 99.0 Å². The van der Waals surface area contributed by atoms with E-state index in [2.05, 4.69) is 5.32 Å². The third-order valence-electron chi connectivity index (χ3n) is 5.15. The number of rotatable bonds is 10. The number of nitrogens with zero attached hydrogens (tertiary/aromatic N) is 1. The van der Waals surface area contributed by atoms with Crippen LogP contribution in [-0.4, -0.2) is 35.9 Å². The van der Waals surface area contributed by atoms with E-state index >= 15 is 0 Å². The first-order chi connectivity index (χ1) is 16.4. The Morgan fingerprint density at radius 2 is 1.59 bits per heavy atom. The van der Waals surface area contributed by atoms with Crippen LogP contribution >= 0.6 is 34.8 Å². The molecule has 178 valence electrons. The van der Waals surface area contributed by atoms with Gasteiger partial charge in [-0.2, -0.15) is 0 Å². The summed E-state index contributed by atoms with van der Waals surface area (Å²) in [5.74, 6) is -0.222. The number of para-hydroxylation sites is 1. The Morgan fingerprint density at radius 3 is 2.26 bits per heavy atom. The molecule has 34 heavy (non-hydrogen) atoms. The predicted molar refractivity (Wildman–Crippen MR) is 137 cm³/mol. The standard InChI is InChI=1S/C26H25Cl3N2O3/c1-2-30-26(33)23(15-18-8-4-3-5-9-18)31(16-19-12-13-20(27)22(29)14-19)25(32)17-34-24-11-7-6-10-21(24)28/h3-14,23H,2,15-17H2,1H3,(H,30,33)/t23-/m1/s1. The molecule has 3 rings (SSSR count). The van der Waals surface area contributed by atoms with Gasteiger partial charge in [-0.15, -0.1) is 0 Å². The van der Waals surface area contributed by atoms with Crippen molar-refractivity contribution in [2.45, 2.75) is 25.9 Å². The Morgan fingerprint density at radius 1 is 0.882 bits per heavy atom. The zero-order valence-corrected chi connectivity index (χ0v) is 20.9. The summed E-state index contributed by atoms with van der Waals surface area (Å²) in [6.45, 7) is 2.14. The van der Waals surface area contributed by atoms with Crippen molar-refractivity contribution in [1.82, 2.24) is 10.2 Å². The molecule has 0 fully saturated rings. The van der Waals surface area contributed by atoms with Crippen LogP contribution in [0.2, 0.25) is 15.1 Å². The molecule has 1 atom stereocenters. The maximum atomic E-state index is 13.4. The van der Waals surface area contributed by atoms with Gasteiger partial charge < -0.3 is 15.0 Å². The highest BCUT2D eigenvalue weighted by molar-refractivity contribution is 6.42. The number of halogens is 3. The van der Waals surface area contributed by atoms with Gasteiger partial charge in [0.1, 0.15) is 11.8 Å². The van der Waals surface area contributed by atoms with Crippen LogP contribution in [0.1, 0.15) is 18.1 Å². The topological polar surface area (TPSA) is 58.6 Å². The van der Waals surface area contributed by atoms with Gasteiger partial charge in [0.25, 0.3) is 5.91 Å². The Labute approximate surface area is 214 Å². The van der Waals surface area contributed by atoms with Crippen LogP contribution in [0.25, 0.3) is 0 Å². The second-order valence-corrected chi connectivity index (χ2v) is 8.81.